The van der Waals surface area contributed by atoms with Crippen LogP contribution >= 0.6 is 0 Å². The first-order valence-electron chi connectivity index (χ1n) is 7.24. The van der Waals surface area contributed by atoms with Crippen molar-refractivity contribution in [3.05, 3.63) is 36.7 Å². The van der Waals surface area contributed by atoms with Crippen molar-refractivity contribution in [2.24, 2.45) is 5.41 Å². The van der Waals surface area contributed by atoms with Gasteiger partial charge < -0.3 is 15.3 Å². The highest BCUT2D eigenvalue weighted by Gasteiger charge is 2.42. The summed E-state index contributed by atoms with van der Waals surface area (Å²) in [6.45, 7) is 2.31. The summed E-state index contributed by atoms with van der Waals surface area (Å²) in [5.41, 5.74) is 0.608. The number of nitrogens with one attached hydrogen (secondary N) is 1. The number of aromatic nitrogens is 3. The van der Waals surface area contributed by atoms with Gasteiger partial charge in [-0.3, -0.25) is 4.79 Å². The fourth-order valence-electron chi connectivity index (χ4n) is 2.55. The number of hydrogen-bond donors (Lipinski definition) is 2. The number of hydrogen-bond acceptors (Lipinski definition) is 4. The second kappa shape index (κ2) is 5.71. The topological polar surface area (TPSA) is 100 Å². The molecule has 120 valence electrons. The molecule has 1 saturated heterocycles. The van der Waals surface area contributed by atoms with Gasteiger partial charge in [0.1, 0.15) is 0 Å². The lowest BCUT2D eigenvalue weighted by atomic mass is 9.90. The molecule has 2 aromatic rings. The molecule has 1 aromatic carbocycles. The molecule has 0 spiro atoms. The van der Waals surface area contributed by atoms with Crippen LogP contribution in [0, 0.1) is 5.41 Å². The monoisotopic (exact) mass is 315 g/mol. The van der Waals surface area contributed by atoms with Gasteiger partial charge in [-0.05, 0) is 37.6 Å². The Kier molecular flexibility index (Phi) is 3.73. The fraction of sp³-hybridized carbons (Fsp3) is 0.333. The zero-order valence-electron chi connectivity index (χ0n) is 12.6. The number of carboxylic acids is 1. The Morgan fingerprint density at radius 1 is 1.30 bits per heavy atom. The summed E-state index contributed by atoms with van der Waals surface area (Å²) in [5.74, 6) is -0.870. The molecule has 1 aliphatic rings. The number of rotatable bonds is 3. The van der Waals surface area contributed by atoms with Crippen LogP contribution in [0.25, 0.3) is 5.69 Å². The van der Waals surface area contributed by atoms with Crippen LogP contribution in [0.15, 0.2) is 36.7 Å². The summed E-state index contributed by atoms with van der Waals surface area (Å²) in [5, 5.41) is 19.6. The molecule has 1 fully saturated rings. The van der Waals surface area contributed by atoms with Gasteiger partial charge in [0.25, 0.3) is 0 Å². The van der Waals surface area contributed by atoms with Crippen LogP contribution in [0.4, 0.5) is 10.5 Å². The molecule has 0 aliphatic carbocycles. The predicted octanol–water partition coefficient (Wildman–Crippen LogP) is 1.60. The van der Waals surface area contributed by atoms with Crippen LogP contribution in [-0.4, -0.2) is 50.1 Å². The molecule has 0 bridgehead atoms. The normalized spacial score (nSPS) is 20.5. The molecule has 1 aliphatic heterocycles. The van der Waals surface area contributed by atoms with E-state index in [-0.39, 0.29) is 12.6 Å². The number of urea groups is 1. The lowest BCUT2D eigenvalue weighted by Crippen LogP contribution is -2.37. The lowest BCUT2D eigenvalue weighted by Gasteiger charge is -2.20. The minimum Gasteiger partial charge on any atom is -0.481 e. The third-order valence-electron chi connectivity index (χ3n) is 4.08. The molecular weight excluding hydrogens is 298 g/mol. The molecule has 2 amide bonds. The number of nitrogens with zero attached hydrogens (tertiary/aromatic N) is 4. The average molecular weight is 315 g/mol. The van der Waals surface area contributed by atoms with Gasteiger partial charge in [0.05, 0.1) is 23.5 Å². The molecule has 8 heteroatoms. The third kappa shape index (κ3) is 3.01. The number of benzene rings is 1. The summed E-state index contributed by atoms with van der Waals surface area (Å²) in [4.78, 5) is 25.0. The minimum absolute atomic E-state index is 0.213. The van der Waals surface area contributed by atoms with E-state index in [9.17, 15) is 14.7 Å². The highest BCUT2D eigenvalue weighted by Crippen LogP contribution is 2.30. The second-order valence-corrected chi connectivity index (χ2v) is 5.86. The van der Waals surface area contributed by atoms with Gasteiger partial charge in [0, 0.05) is 18.8 Å². The highest BCUT2D eigenvalue weighted by molar-refractivity contribution is 5.90. The van der Waals surface area contributed by atoms with Crippen LogP contribution < -0.4 is 5.32 Å². The first-order valence-corrected chi connectivity index (χ1v) is 7.24. The van der Waals surface area contributed by atoms with E-state index in [0.717, 1.165) is 5.69 Å². The van der Waals surface area contributed by atoms with Crippen molar-refractivity contribution < 1.29 is 14.7 Å². The average Bonchev–Trinajstić information content (AvgIpc) is 3.18. The van der Waals surface area contributed by atoms with E-state index in [1.54, 1.807) is 36.1 Å². The summed E-state index contributed by atoms with van der Waals surface area (Å²) in [7, 11) is 0. The summed E-state index contributed by atoms with van der Waals surface area (Å²) in [6.07, 6.45) is 3.77. The maximum absolute atomic E-state index is 12.2. The lowest BCUT2D eigenvalue weighted by molar-refractivity contribution is -0.146. The summed E-state index contributed by atoms with van der Waals surface area (Å²) < 4.78 is 1.62. The number of amides is 2. The number of anilines is 1. The van der Waals surface area contributed by atoms with Crippen LogP contribution in [0.2, 0.25) is 0 Å². The maximum Gasteiger partial charge on any atom is 0.321 e. The zero-order valence-corrected chi connectivity index (χ0v) is 12.6. The van der Waals surface area contributed by atoms with Gasteiger partial charge in [0.2, 0.25) is 0 Å². The van der Waals surface area contributed by atoms with E-state index in [1.165, 1.54) is 4.90 Å². The van der Waals surface area contributed by atoms with Gasteiger partial charge in [-0.1, -0.05) is 5.21 Å². The Bertz CT molecular complexity index is 713. The molecule has 1 aromatic heterocycles. The largest absolute Gasteiger partial charge is 0.481 e. The standard InChI is InChI=1S/C15H17N5O3/c1-15(13(21)22)6-8-19(10-15)14(23)17-11-2-4-12(5-3-11)20-9-7-16-18-20/h2-5,7,9H,6,8,10H2,1H3,(H,17,23)(H,21,22). The van der Waals surface area contributed by atoms with Gasteiger partial charge in [0.15, 0.2) is 0 Å². The highest BCUT2D eigenvalue weighted by atomic mass is 16.4. The Balaban J connectivity index is 1.64. The third-order valence-corrected chi connectivity index (χ3v) is 4.08. The van der Waals surface area contributed by atoms with Crippen molar-refractivity contribution in [2.45, 2.75) is 13.3 Å². The number of aliphatic carboxylic acids is 1. The molecule has 8 nitrogen and oxygen atoms in total. The molecule has 3 rings (SSSR count). The van der Waals surface area contributed by atoms with E-state index >= 15 is 0 Å². The zero-order chi connectivity index (χ0) is 16.4. The molecular formula is C15H17N5O3. The maximum atomic E-state index is 12.2. The van der Waals surface area contributed by atoms with Crippen LogP contribution in [0.5, 0.6) is 0 Å². The molecule has 2 heterocycles. The number of likely N-dealkylation sites (tertiary alicyclic amines) is 1. The van der Waals surface area contributed by atoms with E-state index in [1.807, 2.05) is 12.1 Å². The smallest absolute Gasteiger partial charge is 0.321 e. The molecule has 1 unspecified atom stereocenters. The van der Waals surface area contributed by atoms with Crippen molar-refractivity contribution in [3.63, 3.8) is 0 Å². The number of carbonyl (C=O) groups is 2. The van der Waals surface area contributed by atoms with E-state index in [4.69, 9.17) is 0 Å². The minimum atomic E-state index is -0.870. The van der Waals surface area contributed by atoms with Crippen molar-refractivity contribution in [3.8, 4) is 5.69 Å². The summed E-state index contributed by atoms with van der Waals surface area (Å²) in [6, 6.07) is 6.87. The van der Waals surface area contributed by atoms with E-state index in [0.29, 0.717) is 18.7 Å². The Labute approximate surface area is 132 Å². The van der Waals surface area contributed by atoms with Crippen LogP contribution in [-0.2, 0) is 4.79 Å². The predicted molar refractivity (Wildman–Crippen MR) is 82.3 cm³/mol. The van der Waals surface area contributed by atoms with Gasteiger partial charge in [-0.25, -0.2) is 9.48 Å². The Hall–Kier alpha value is -2.90. The first kappa shape index (κ1) is 15.0. The molecule has 0 saturated carbocycles. The Morgan fingerprint density at radius 2 is 2.04 bits per heavy atom. The van der Waals surface area contributed by atoms with Gasteiger partial charge in [-0.15, -0.1) is 5.10 Å². The first-order chi connectivity index (χ1) is 11.0. The molecule has 23 heavy (non-hydrogen) atoms. The quantitative estimate of drug-likeness (QED) is 0.896. The number of carbonyl (C=O) groups excluding carboxylic acids is 1. The van der Waals surface area contributed by atoms with E-state index in [2.05, 4.69) is 15.6 Å². The Morgan fingerprint density at radius 3 is 2.61 bits per heavy atom. The molecule has 2 N–H and O–H groups in total. The van der Waals surface area contributed by atoms with Crippen molar-refractivity contribution in [2.75, 3.05) is 18.4 Å². The van der Waals surface area contributed by atoms with Gasteiger partial charge >= 0.3 is 12.0 Å². The SMILES string of the molecule is CC1(C(=O)O)CCN(C(=O)Nc2ccc(-n3ccnn3)cc2)C1. The van der Waals surface area contributed by atoms with Crippen LogP contribution in [0.1, 0.15) is 13.3 Å². The molecule has 1 atom stereocenters. The van der Waals surface area contributed by atoms with Crippen molar-refractivity contribution in [1.29, 1.82) is 0 Å². The van der Waals surface area contributed by atoms with Crippen molar-refractivity contribution >= 4 is 17.7 Å². The second-order valence-electron chi connectivity index (χ2n) is 5.86. The van der Waals surface area contributed by atoms with Gasteiger partial charge in [-0.2, -0.15) is 0 Å². The molecule has 0 radical (unpaired) electrons. The van der Waals surface area contributed by atoms with E-state index < -0.39 is 11.4 Å². The van der Waals surface area contributed by atoms with Crippen LogP contribution in [0.3, 0.4) is 0 Å². The van der Waals surface area contributed by atoms with Crippen molar-refractivity contribution in [1.82, 2.24) is 19.9 Å². The number of carboxylic acid groups (broad SMARTS) is 1. The fourth-order valence-corrected chi connectivity index (χ4v) is 2.55. The summed E-state index contributed by atoms with van der Waals surface area (Å²) >= 11 is 0.